The van der Waals surface area contributed by atoms with Crippen LogP contribution in [0.3, 0.4) is 0 Å². The van der Waals surface area contributed by atoms with Gasteiger partial charge in [-0.25, -0.2) is 0 Å². The SMILES string of the molecule is CN=C(NCCCn1cccn1)NCc1cc(Cl)c2c(c1)OCCCO2.I. The monoisotopic (exact) mass is 505 g/mol. The van der Waals surface area contributed by atoms with Crippen LogP contribution in [0.4, 0.5) is 0 Å². The number of nitrogens with one attached hydrogen (secondary N) is 2. The Labute approximate surface area is 181 Å². The van der Waals surface area contributed by atoms with Crippen LogP contribution in [0.25, 0.3) is 0 Å². The number of rotatable bonds is 6. The molecule has 2 N–H and O–H groups in total. The van der Waals surface area contributed by atoms with Crippen molar-refractivity contribution in [3.05, 3.63) is 41.2 Å². The maximum absolute atomic E-state index is 6.33. The molecule has 0 saturated carbocycles. The third-order valence-electron chi connectivity index (χ3n) is 3.96. The number of hydrogen-bond donors (Lipinski definition) is 2. The summed E-state index contributed by atoms with van der Waals surface area (Å²) in [7, 11) is 1.75. The summed E-state index contributed by atoms with van der Waals surface area (Å²) in [6.07, 6.45) is 5.56. The van der Waals surface area contributed by atoms with Crippen molar-refractivity contribution in [1.29, 1.82) is 0 Å². The Morgan fingerprint density at radius 2 is 2.15 bits per heavy atom. The van der Waals surface area contributed by atoms with Gasteiger partial charge in [-0.3, -0.25) is 9.67 Å². The molecule has 0 amide bonds. The molecule has 7 nitrogen and oxygen atoms in total. The van der Waals surface area contributed by atoms with Crippen molar-refractivity contribution >= 4 is 41.5 Å². The highest BCUT2D eigenvalue weighted by Gasteiger charge is 2.15. The lowest BCUT2D eigenvalue weighted by Crippen LogP contribution is -2.37. The van der Waals surface area contributed by atoms with Gasteiger partial charge in [0.2, 0.25) is 0 Å². The van der Waals surface area contributed by atoms with E-state index < -0.39 is 0 Å². The molecule has 9 heteroatoms. The summed E-state index contributed by atoms with van der Waals surface area (Å²) in [5.74, 6) is 2.08. The van der Waals surface area contributed by atoms with Crippen LogP contribution in [0.2, 0.25) is 5.02 Å². The Bertz CT molecular complexity index is 740. The summed E-state index contributed by atoms with van der Waals surface area (Å²) >= 11 is 6.33. The van der Waals surface area contributed by atoms with E-state index in [9.17, 15) is 0 Å². The maximum atomic E-state index is 6.33. The molecular weight excluding hydrogens is 481 g/mol. The first-order chi connectivity index (χ1) is 12.8. The third kappa shape index (κ3) is 6.46. The molecule has 27 heavy (non-hydrogen) atoms. The van der Waals surface area contributed by atoms with Gasteiger partial charge in [-0.05, 0) is 30.2 Å². The number of fused-ring (bicyclic) bond motifs is 1. The normalized spacial score (nSPS) is 13.5. The summed E-state index contributed by atoms with van der Waals surface area (Å²) in [6.45, 7) is 3.53. The molecule has 0 spiro atoms. The standard InChI is InChI=1S/C18H24ClN5O2.HI/c1-20-18(21-5-2-7-24-8-3-6-23-24)22-13-14-11-15(19)17-16(12-14)25-9-4-10-26-17;/h3,6,8,11-12H,2,4-5,7,9-10,13H2,1H3,(H2,20,21,22);1H. The van der Waals surface area contributed by atoms with E-state index in [2.05, 4.69) is 20.7 Å². The zero-order valence-electron chi connectivity index (χ0n) is 15.3. The van der Waals surface area contributed by atoms with Crippen LogP contribution >= 0.6 is 35.6 Å². The molecule has 1 aromatic heterocycles. The molecule has 1 aliphatic rings. The first-order valence-corrected chi connectivity index (χ1v) is 9.14. The minimum absolute atomic E-state index is 0. The number of aromatic nitrogens is 2. The van der Waals surface area contributed by atoms with Crippen molar-refractivity contribution in [1.82, 2.24) is 20.4 Å². The van der Waals surface area contributed by atoms with E-state index in [4.69, 9.17) is 21.1 Å². The minimum Gasteiger partial charge on any atom is -0.489 e. The van der Waals surface area contributed by atoms with E-state index in [0.29, 0.717) is 36.3 Å². The van der Waals surface area contributed by atoms with Crippen molar-refractivity contribution in [3.63, 3.8) is 0 Å². The molecule has 2 aromatic rings. The highest BCUT2D eigenvalue weighted by molar-refractivity contribution is 14.0. The van der Waals surface area contributed by atoms with Crippen molar-refractivity contribution in [3.8, 4) is 11.5 Å². The highest BCUT2D eigenvalue weighted by Crippen LogP contribution is 2.37. The second-order valence-electron chi connectivity index (χ2n) is 5.93. The lowest BCUT2D eigenvalue weighted by molar-refractivity contribution is 0.297. The Morgan fingerprint density at radius 3 is 2.93 bits per heavy atom. The third-order valence-corrected chi connectivity index (χ3v) is 4.24. The fourth-order valence-corrected chi connectivity index (χ4v) is 2.96. The fraction of sp³-hybridized carbons (Fsp3) is 0.444. The highest BCUT2D eigenvalue weighted by atomic mass is 127. The Morgan fingerprint density at radius 1 is 1.30 bits per heavy atom. The molecule has 0 fully saturated rings. The van der Waals surface area contributed by atoms with Gasteiger partial charge in [-0.1, -0.05) is 11.6 Å². The number of nitrogens with zero attached hydrogens (tertiary/aromatic N) is 3. The quantitative estimate of drug-likeness (QED) is 0.273. The van der Waals surface area contributed by atoms with Gasteiger partial charge in [0.1, 0.15) is 0 Å². The fourth-order valence-electron chi connectivity index (χ4n) is 2.67. The van der Waals surface area contributed by atoms with Gasteiger partial charge in [0.25, 0.3) is 0 Å². The lowest BCUT2D eigenvalue weighted by atomic mass is 10.2. The molecule has 0 bridgehead atoms. The first kappa shape index (κ1) is 21.6. The molecule has 2 heterocycles. The number of benzene rings is 1. The van der Waals surface area contributed by atoms with E-state index in [-0.39, 0.29) is 24.0 Å². The van der Waals surface area contributed by atoms with E-state index >= 15 is 0 Å². The molecule has 0 radical (unpaired) electrons. The molecule has 0 atom stereocenters. The zero-order valence-corrected chi connectivity index (χ0v) is 18.4. The van der Waals surface area contributed by atoms with Crippen molar-refractivity contribution in [2.45, 2.75) is 25.9 Å². The summed E-state index contributed by atoms with van der Waals surface area (Å²) in [5.41, 5.74) is 1.01. The average molecular weight is 506 g/mol. The number of aliphatic imine (C=N–C) groups is 1. The van der Waals surface area contributed by atoms with Crippen LogP contribution in [-0.2, 0) is 13.1 Å². The van der Waals surface area contributed by atoms with Crippen molar-refractivity contribution in [2.75, 3.05) is 26.8 Å². The molecule has 3 rings (SSSR count). The number of ether oxygens (including phenoxy) is 2. The van der Waals surface area contributed by atoms with Crippen molar-refractivity contribution in [2.24, 2.45) is 4.99 Å². The Balaban J connectivity index is 0.00000261. The van der Waals surface area contributed by atoms with E-state index in [1.54, 1.807) is 13.2 Å². The largest absolute Gasteiger partial charge is 0.489 e. The zero-order chi connectivity index (χ0) is 18.2. The van der Waals surface area contributed by atoms with Crippen LogP contribution in [-0.4, -0.2) is 42.5 Å². The van der Waals surface area contributed by atoms with Crippen LogP contribution in [0, 0.1) is 0 Å². The van der Waals surface area contributed by atoms with Gasteiger partial charge >= 0.3 is 0 Å². The topological polar surface area (TPSA) is 72.7 Å². The van der Waals surface area contributed by atoms with Gasteiger partial charge < -0.3 is 20.1 Å². The van der Waals surface area contributed by atoms with Crippen LogP contribution in [0.15, 0.2) is 35.6 Å². The number of aryl methyl sites for hydroxylation is 1. The minimum atomic E-state index is 0. The number of guanidine groups is 1. The first-order valence-electron chi connectivity index (χ1n) is 8.76. The predicted molar refractivity (Wildman–Crippen MR) is 118 cm³/mol. The van der Waals surface area contributed by atoms with Gasteiger partial charge in [0.05, 0.1) is 18.2 Å². The second-order valence-corrected chi connectivity index (χ2v) is 6.34. The summed E-state index contributed by atoms with van der Waals surface area (Å²) in [5, 5.41) is 11.3. The lowest BCUT2D eigenvalue weighted by Gasteiger charge is -2.14. The molecule has 0 saturated heterocycles. The molecule has 1 aliphatic heterocycles. The molecular formula is C18H25ClIN5O2. The molecule has 148 valence electrons. The van der Waals surface area contributed by atoms with Crippen LogP contribution < -0.4 is 20.1 Å². The smallest absolute Gasteiger partial charge is 0.191 e. The molecule has 0 aliphatic carbocycles. The van der Waals surface area contributed by atoms with Crippen LogP contribution in [0.1, 0.15) is 18.4 Å². The van der Waals surface area contributed by atoms with E-state index in [0.717, 1.165) is 37.5 Å². The molecule has 0 unspecified atom stereocenters. The van der Waals surface area contributed by atoms with Crippen LogP contribution in [0.5, 0.6) is 11.5 Å². The number of hydrogen-bond acceptors (Lipinski definition) is 4. The second kappa shape index (κ2) is 11.2. The van der Waals surface area contributed by atoms with Gasteiger partial charge in [-0.2, -0.15) is 5.10 Å². The Hall–Kier alpha value is -1.68. The Kier molecular flexibility index (Phi) is 8.99. The molecule has 1 aromatic carbocycles. The van der Waals surface area contributed by atoms with E-state index in [1.807, 2.05) is 29.1 Å². The number of halogens is 2. The summed E-state index contributed by atoms with van der Waals surface area (Å²) in [6, 6.07) is 5.78. The predicted octanol–water partition coefficient (Wildman–Crippen LogP) is 3.07. The van der Waals surface area contributed by atoms with Crippen molar-refractivity contribution < 1.29 is 9.47 Å². The van der Waals surface area contributed by atoms with E-state index in [1.165, 1.54) is 0 Å². The maximum Gasteiger partial charge on any atom is 0.191 e. The van der Waals surface area contributed by atoms with Gasteiger partial charge in [0, 0.05) is 45.5 Å². The average Bonchev–Trinajstić information content (AvgIpc) is 3.04. The summed E-state index contributed by atoms with van der Waals surface area (Å²) < 4.78 is 13.3. The van der Waals surface area contributed by atoms with Gasteiger partial charge in [0.15, 0.2) is 17.5 Å². The summed E-state index contributed by atoms with van der Waals surface area (Å²) in [4.78, 5) is 4.25. The van der Waals surface area contributed by atoms with Gasteiger partial charge in [-0.15, -0.1) is 24.0 Å².